The lowest BCUT2D eigenvalue weighted by molar-refractivity contribution is 0.00376. The summed E-state index contributed by atoms with van der Waals surface area (Å²) in [7, 11) is 1.69. The molecule has 1 aromatic heterocycles. The average Bonchev–Trinajstić information content (AvgIpc) is 3.06. The highest BCUT2D eigenvalue weighted by atomic mass is 16.4. The molecular weight excluding hydrogens is 294 g/mol. The van der Waals surface area contributed by atoms with Crippen LogP contribution in [0.5, 0.6) is 0 Å². The summed E-state index contributed by atoms with van der Waals surface area (Å²) in [6.45, 7) is 4.73. The summed E-state index contributed by atoms with van der Waals surface area (Å²) in [5.74, 6) is 1.12. The van der Waals surface area contributed by atoms with Gasteiger partial charge in [-0.05, 0) is 31.9 Å². The third-order valence-electron chi connectivity index (χ3n) is 4.82. The first-order valence-electron chi connectivity index (χ1n) is 8.26. The highest BCUT2D eigenvalue weighted by molar-refractivity contribution is 5.79. The van der Waals surface area contributed by atoms with E-state index in [1.165, 1.54) is 0 Å². The molecule has 3 atom stereocenters. The zero-order chi connectivity index (χ0) is 16.9. The van der Waals surface area contributed by atoms with Crippen molar-refractivity contribution in [2.45, 2.75) is 51.2 Å². The van der Waals surface area contributed by atoms with E-state index in [2.05, 4.69) is 22.5 Å². The number of aliphatic hydroxyl groups excluding tert-OH is 1. The van der Waals surface area contributed by atoms with Gasteiger partial charge in [-0.1, -0.05) is 19.8 Å². The van der Waals surface area contributed by atoms with Crippen LogP contribution < -0.4 is 10.6 Å². The Morgan fingerprint density at radius 1 is 1.48 bits per heavy atom. The third kappa shape index (κ3) is 4.48. The fourth-order valence-corrected chi connectivity index (χ4v) is 3.02. The van der Waals surface area contributed by atoms with Crippen LogP contribution in [-0.2, 0) is 5.60 Å². The first-order chi connectivity index (χ1) is 10.9. The molecule has 23 heavy (non-hydrogen) atoms. The Morgan fingerprint density at radius 3 is 2.87 bits per heavy atom. The minimum absolute atomic E-state index is 0.139. The van der Waals surface area contributed by atoms with Gasteiger partial charge in [-0.2, -0.15) is 0 Å². The fourth-order valence-electron chi connectivity index (χ4n) is 3.02. The van der Waals surface area contributed by atoms with E-state index in [1.807, 2.05) is 0 Å². The van der Waals surface area contributed by atoms with Crippen molar-refractivity contribution < 1.29 is 14.6 Å². The first kappa shape index (κ1) is 17.8. The van der Waals surface area contributed by atoms with Crippen molar-refractivity contribution in [2.24, 2.45) is 10.4 Å². The zero-order valence-corrected chi connectivity index (χ0v) is 14.3. The Morgan fingerprint density at radius 2 is 2.26 bits per heavy atom. The van der Waals surface area contributed by atoms with Crippen molar-refractivity contribution in [1.82, 2.24) is 10.6 Å². The second-order valence-corrected chi connectivity index (χ2v) is 6.95. The van der Waals surface area contributed by atoms with E-state index in [0.717, 1.165) is 25.7 Å². The van der Waals surface area contributed by atoms with Gasteiger partial charge in [0, 0.05) is 19.0 Å². The van der Waals surface area contributed by atoms with E-state index in [0.29, 0.717) is 18.3 Å². The molecule has 6 nitrogen and oxygen atoms in total. The van der Waals surface area contributed by atoms with Crippen LogP contribution >= 0.6 is 0 Å². The maximum atomic E-state index is 10.4. The molecule has 1 aliphatic rings. The molecule has 1 heterocycles. The topological polar surface area (TPSA) is 90.0 Å². The van der Waals surface area contributed by atoms with Gasteiger partial charge in [0.05, 0.1) is 18.9 Å². The van der Waals surface area contributed by atoms with Gasteiger partial charge in [0.15, 0.2) is 5.96 Å². The van der Waals surface area contributed by atoms with Crippen molar-refractivity contribution in [3.05, 3.63) is 24.2 Å². The Bertz CT molecular complexity index is 513. The number of nitrogens with zero attached hydrogens (tertiary/aromatic N) is 1. The molecule has 2 rings (SSSR count). The molecule has 0 radical (unpaired) electrons. The van der Waals surface area contributed by atoms with Gasteiger partial charge in [0.1, 0.15) is 11.4 Å². The lowest BCUT2D eigenvalue weighted by atomic mass is 9.73. The molecule has 0 aliphatic heterocycles. The van der Waals surface area contributed by atoms with Gasteiger partial charge in [-0.25, -0.2) is 0 Å². The number of hydrogen-bond donors (Lipinski definition) is 4. The average molecular weight is 323 g/mol. The van der Waals surface area contributed by atoms with Crippen LogP contribution in [0, 0.1) is 5.41 Å². The minimum atomic E-state index is -1.12. The Kier molecular flexibility index (Phi) is 5.70. The molecule has 0 spiro atoms. The normalized spacial score (nSPS) is 28.2. The van der Waals surface area contributed by atoms with Crippen molar-refractivity contribution in [3.8, 4) is 0 Å². The number of guanidine groups is 1. The van der Waals surface area contributed by atoms with Gasteiger partial charge >= 0.3 is 0 Å². The molecule has 0 amide bonds. The number of aliphatic imine (C=N–C) groups is 1. The van der Waals surface area contributed by atoms with Crippen LogP contribution in [0.3, 0.4) is 0 Å². The van der Waals surface area contributed by atoms with Crippen LogP contribution in [-0.4, -0.2) is 42.4 Å². The van der Waals surface area contributed by atoms with E-state index in [-0.39, 0.29) is 18.1 Å². The van der Waals surface area contributed by atoms with Crippen molar-refractivity contribution >= 4 is 5.96 Å². The minimum Gasteiger partial charge on any atom is -0.466 e. The summed E-state index contributed by atoms with van der Waals surface area (Å²) in [6.07, 6.45) is 5.36. The number of hydrogen-bond acceptors (Lipinski definition) is 4. The summed E-state index contributed by atoms with van der Waals surface area (Å²) in [5.41, 5.74) is -1.26. The Hall–Kier alpha value is -1.53. The van der Waals surface area contributed by atoms with Crippen molar-refractivity contribution in [1.29, 1.82) is 0 Å². The predicted octanol–water partition coefficient (Wildman–Crippen LogP) is 1.59. The molecule has 0 aromatic carbocycles. The van der Waals surface area contributed by atoms with E-state index >= 15 is 0 Å². The summed E-state index contributed by atoms with van der Waals surface area (Å²) in [4.78, 5) is 4.18. The highest BCUT2D eigenvalue weighted by Crippen LogP contribution is 2.35. The maximum Gasteiger partial charge on any atom is 0.191 e. The summed E-state index contributed by atoms with van der Waals surface area (Å²) < 4.78 is 5.27. The number of furan rings is 1. The van der Waals surface area contributed by atoms with Crippen LogP contribution in [0.2, 0.25) is 0 Å². The van der Waals surface area contributed by atoms with E-state index < -0.39 is 5.60 Å². The van der Waals surface area contributed by atoms with E-state index in [9.17, 15) is 10.2 Å². The largest absolute Gasteiger partial charge is 0.466 e. The smallest absolute Gasteiger partial charge is 0.191 e. The number of nitrogens with one attached hydrogen (secondary N) is 2. The van der Waals surface area contributed by atoms with E-state index in [4.69, 9.17) is 4.42 Å². The van der Waals surface area contributed by atoms with E-state index in [1.54, 1.807) is 32.4 Å². The third-order valence-corrected chi connectivity index (χ3v) is 4.82. The van der Waals surface area contributed by atoms with Crippen molar-refractivity contribution in [3.63, 3.8) is 0 Å². The molecule has 0 bridgehead atoms. The number of aliphatic hydroxyl groups is 2. The maximum absolute atomic E-state index is 10.4. The molecule has 0 saturated heterocycles. The summed E-state index contributed by atoms with van der Waals surface area (Å²) in [6, 6.07) is 3.50. The van der Waals surface area contributed by atoms with Gasteiger partial charge < -0.3 is 25.3 Å². The molecule has 1 aromatic rings. The molecule has 3 unspecified atom stereocenters. The molecule has 130 valence electrons. The Balaban J connectivity index is 1.86. The second kappa shape index (κ2) is 7.36. The fraction of sp³-hybridized carbons (Fsp3) is 0.706. The lowest BCUT2D eigenvalue weighted by Gasteiger charge is -2.39. The molecule has 1 saturated carbocycles. The van der Waals surface area contributed by atoms with Crippen LogP contribution in [0.4, 0.5) is 0 Å². The lowest BCUT2D eigenvalue weighted by Crippen LogP contribution is -2.50. The molecule has 1 fully saturated rings. The van der Waals surface area contributed by atoms with Crippen LogP contribution in [0.1, 0.15) is 45.3 Å². The summed E-state index contributed by atoms with van der Waals surface area (Å²) in [5, 5.41) is 27.1. The first-order valence-corrected chi connectivity index (χ1v) is 8.26. The van der Waals surface area contributed by atoms with Gasteiger partial charge in [-0.15, -0.1) is 0 Å². The standard InChI is InChI=1S/C17H29N3O3/c1-16(9-5-4-7-13(16)21)11-19-15(18-3)20-12-17(2,22)14-8-6-10-23-14/h6,8,10,13,21-22H,4-5,7,9,11-12H2,1-3H3,(H2,18,19,20). The monoisotopic (exact) mass is 323 g/mol. The predicted molar refractivity (Wildman–Crippen MR) is 90.2 cm³/mol. The van der Waals surface area contributed by atoms with Crippen LogP contribution in [0.25, 0.3) is 0 Å². The van der Waals surface area contributed by atoms with Gasteiger partial charge in [0.25, 0.3) is 0 Å². The van der Waals surface area contributed by atoms with Crippen LogP contribution in [0.15, 0.2) is 27.8 Å². The summed E-state index contributed by atoms with van der Waals surface area (Å²) >= 11 is 0. The number of rotatable bonds is 5. The molecule has 6 heteroatoms. The Labute approximate surface area is 138 Å². The SMILES string of the molecule is CN=C(NCC(C)(O)c1ccco1)NCC1(C)CCCCC1O. The molecule has 4 N–H and O–H groups in total. The quantitative estimate of drug-likeness (QED) is 0.488. The molecular formula is C17H29N3O3. The van der Waals surface area contributed by atoms with Crippen molar-refractivity contribution in [2.75, 3.05) is 20.1 Å². The highest BCUT2D eigenvalue weighted by Gasteiger charge is 2.35. The molecule has 1 aliphatic carbocycles. The zero-order valence-electron chi connectivity index (χ0n) is 14.3. The van der Waals surface area contributed by atoms with Gasteiger partial charge in [-0.3, -0.25) is 4.99 Å². The van der Waals surface area contributed by atoms with Gasteiger partial charge in [0.2, 0.25) is 0 Å². The second-order valence-electron chi connectivity index (χ2n) is 6.95.